The maximum Gasteiger partial charge on any atom is 0.250 e. The third-order valence-corrected chi connectivity index (χ3v) is 3.02. The Hall–Kier alpha value is -2.69. The van der Waals surface area contributed by atoms with Crippen LogP contribution < -0.4 is 21.5 Å². The largest absolute Gasteiger partial charge is 0.492 e. The molecule has 2 aromatic carbocycles. The molecule has 5 heteroatoms. The van der Waals surface area contributed by atoms with E-state index < -0.39 is 5.91 Å². The Balaban J connectivity index is 1.93. The van der Waals surface area contributed by atoms with Crippen LogP contribution in [-0.4, -0.2) is 19.1 Å². The van der Waals surface area contributed by atoms with Gasteiger partial charge < -0.3 is 21.5 Å². The fourth-order valence-electron chi connectivity index (χ4n) is 2.02. The molecule has 0 aliphatic heterocycles. The zero-order chi connectivity index (χ0) is 15.2. The highest BCUT2D eigenvalue weighted by molar-refractivity contribution is 6.01. The number of hydrogen-bond donors (Lipinski definition) is 3. The van der Waals surface area contributed by atoms with Gasteiger partial charge in [-0.3, -0.25) is 4.79 Å². The van der Waals surface area contributed by atoms with E-state index in [1.165, 1.54) is 0 Å². The van der Waals surface area contributed by atoms with Crippen molar-refractivity contribution in [3.8, 4) is 5.75 Å². The van der Waals surface area contributed by atoms with Crippen molar-refractivity contribution in [2.45, 2.75) is 6.92 Å². The second kappa shape index (κ2) is 6.65. The summed E-state index contributed by atoms with van der Waals surface area (Å²) < 4.78 is 5.63. The first-order valence-corrected chi connectivity index (χ1v) is 6.69. The van der Waals surface area contributed by atoms with Gasteiger partial charge in [0, 0.05) is 6.54 Å². The van der Waals surface area contributed by atoms with E-state index in [2.05, 4.69) is 5.32 Å². The summed E-state index contributed by atoms with van der Waals surface area (Å²) in [6.45, 7) is 2.98. The number of para-hydroxylation sites is 1. The molecular weight excluding hydrogens is 266 g/mol. The minimum absolute atomic E-state index is 0.380. The van der Waals surface area contributed by atoms with Gasteiger partial charge in [-0.2, -0.15) is 0 Å². The predicted molar refractivity (Wildman–Crippen MR) is 84.5 cm³/mol. The Morgan fingerprint density at radius 3 is 2.71 bits per heavy atom. The van der Waals surface area contributed by atoms with E-state index in [1.807, 2.05) is 31.2 Å². The Labute approximate surface area is 123 Å². The van der Waals surface area contributed by atoms with Gasteiger partial charge >= 0.3 is 0 Å². The summed E-state index contributed by atoms with van der Waals surface area (Å²) in [5.74, 6) is 0.303. The number of benzene rings is 2. The van der Waals surface area contributed by atoms with Gasteiger partial charge in [0.05, 0.1) is 16.9 Å². The summed E-state index contributed by atoms with van der Waals surface area (Å²) in [7, 11) is 0. The van der Waals surface area contributed by atoms with E-state index in [0.29, 0.717) is 30.1 Å². The van der Waals surface area contributed by atoms with Crippen LogP contribution in [0.25, 0.3) is 0 Å². The van der Waals surface area contributed by atoms with Gasteiger partial charge in [0.1, 0.15) is 12.4 Å². The molecule has 0 heterocycles. The number of aryl methyl sites for hydroxylation is 1. The number of carbonyl (C=O) groups excluding carboxylic acids is 1. The summed E-state index contributed by atoms with van der Waals surface area (Å²) >= 11 is 0. The van der Waals surface area contributed by atoms with Gasteiger partial charge in [-0.05, 0) is 36.8 Å². The second-order valence-corrected chi connectivity index (χ2v) is 4.73. The third kappa shape index (κ3) is 3.89. The number of ether oxygens (including phenoxy) is 1. The molecule has 2 aromatic rings. The molecular formula is C16H19N3O2. The van der Waals surface area contributed by atoms with Crippen LogP contribution in [0, 0.1) is 6.92 Å². The summed E-state index contributed by atoms with van der Waals surface area (Å²) in [6.07, 6.45) is 0. The molecule has 0 unspecified atom stereocenters. The van der Waals surface area contributed by atoms with Crippen molar-refractivity contribution in [2.75, 3.05) is 24.2 Å². The number of nitrogens with one attached hydrogen (secondary N) is 1. The highest BCUT2D eigenvalue weighted by Crippen LogP contribution is 2.22. The number of carbonyl (C=O) groups is 1. The Morgan fingerprint density at radius 1 is 1.24 bits per heavy atom. The highest BCUT2D eigenvalue weighted by Gasteiger charge is 2.10. The fraction of sp³-hybridized carbons (Fsp3) is 0.188. The van der Waals surface area contributed by atoms with E-state index >= 15 is 0 Å². The number of nitrogens with two attached hydrogens (primary N) is 2. The summed E-state index contributed by atoms with van der Waals surface area (Å²) in [5.41, 5.74) is 13.8. The topological polar surface area (TPSA) is 90.4 Å². The zero-order valence-corrected chi connectivity index (χ0v) is 11.9. The molecule has 0 aromatic heterocycles. The Kier molecular flexibility index (Phi) is 4.66. The standard InChI is InChI=1S/C16H19N3O2/c1-11-4-2-5-12(10-11)21-9-8-19-15-13(16(18)20)6-3-7-14(15)17/h2-7,10,19H,8-9,17H2,1H3,(H2,18,20). The molecule has 0 aliphatic carbocycles. The van der Waals surface area contributed by atoms with Crippen molar-refractivity contribution in [1.29, 1.82) is 0 Å². The molecule has 0 saturated carbocycles. The molecule has 110 valence electrons. The number of anilines is 2. The first-order valence-electron chi connectivity index (χ1n) is 6.69. The van der Waals surface area contributed by atoms with Gasteiger partial charge in [0.25, 0.3) is 5.91 Å². The molecule has 0 spiro atoms. The number of rotatable bonds is 6. The van der Waals surface area contributed by atoms with Gasteiger partial charge in [0.15, 0.2) is 0 Å². The van der Waals surface area contributed by atoms with Gasteiger partial charge in [-0.15, -0.1) is 0 Å². The maximum absolute atomic E-state index is 11.4. The lowest BCUT2D eigenvalue weighted by Gasteiger charge is -2.13. The van der Waals surface area contributed by atoms with Crippen LogP contribution in [0.2, 0.25) is 0 Å². The molecule has 0 atom stereocenters. The van der Waals surface area contributed by atoms with E-state index in [4.69, 9.17) is 16.2 Å². The maximum atomic E-state index is 11.4. The molecule has 5 N–H and O–H groups in total. The molecule has 1 amide bonds. The molecule has 0 fully saturated rings. The second-order valence-electron chi connectivity index (χ2n) is 4.73. The van der Waals surface area contributed by atoms with Gasteiger partial charge in [-0.25, -0.2) is 0 Å². The van der Waals surface area contributed by atoms with Crippen molar-refractivity contribution in [2.24, 2.45) is 5.73 Å². The Morgan fingerprint density at radius 2 is 2.00 bits per heavy atom. The number of nitrogen functional groups attached to an aromatic ring is 1. The van der Waals surface area contributed by atoms with Crippen molar-refractivity contribution >= 4 is 17.3 Å². The molecule has 0 saturated heterocycles. The lowest BCUT2D eigenvalue weighted by molar-refractivity contribution is 0.100. The molecule has 21 heavy (non-hydrogen) atoms. The Bertz CT molecular complexity index is 641. The average Bonchev–Trinajstić information content (AvgIpc) is 2.44. The van der Waals surface area contributed by atoms with E-state index in [0.717, 1.165) is 11.3 Å². The fourth-order valence-corrected chi connectivity index (χ4v) is 2.02. The number of hydrogen-bond acceptors (Lipinski definition) is 4. The lowest BCUT2D eigenvalue weighted by Crippen LogP contribution is -2.18. The van der Waals surface area contributed by atoms with Crippen LogP contribution in [0.4, 0.5) is 11.4 Å². The molecule has 0 radical (unpaired) electrons. The molecule has 0 aliphatic rings. The summed E-state index contributed by atoms with van der Waals surface area (Å²) in [4.78, 5) is 11.4. The van der Waals surface area contributed by atoms with Crippen molar-refractivity contribution in [3.05, 3.63) is 53.6 Å². The van der Waals surface area contributed by atoms with E-state index in [-0.39, 0.29) is 0 Å². The lowest BCUT2D eigenvalue weighted by atomic mass is 10.1. The third-order valence-electron chi connectivity index (χ3n) is 3.02. The zero-order valence-electron chi connectivity index (χ0n) is 11.9. The molecule has 2 rings (SSSR count). The number of primary amides is 1. The van der Waals surface area contributed by atoms with Crippen molar-refractivity contribution in [1.82, 2.24) is 0 Å². The van der Waals surface area contributed by atoms with E-state index in [1.54, 1.807) is 18.2 Å². The minimum Gasteiger partial charge on any atom is -0.492 e. The van der Waals surface area contributed by atoms with Crippen molar-refractivity contribution < 1.29 is 9.53 Å². The first kappa shape index (κ1) is 14.7. The van der Waals surface area contributed by atoms with Crippen LogP contribution in [-0.2, 0) is 0 Å². The highest BCUT2D eigenvalue weighted by atomic mass is 16.5. The summed E-state index contributed by atoms with van der Waals surface area (Å²) in [5, 5.41) is 3.10. The number of amides is 1. The monoisotopic (exact) mass is 285 g/mol. The normalized spacial score (nSPS) is 10.1. The molecule has 5 nitrogen and oxygen atoms in total. The average molecular weight is 285 g/mol. The summed E-state index contributed by atoms with van der Waals surface area (Å²) in [6, 6.07) is 12.9. The van der Waals surface area contributed by atoms with E-state index in [9.17, 15) is 4.79 Å². The van der Waals surface area contributed by atoms with Crippen LogP contribution >= 0.6 is 0 Å². The molecule has 0 bridgehead atoms. The van der Waals surface area contributed by atoms with Crippen molar-refractivity contribution in [3.63, 3.8) is 0 Å². The van der Waals surface area contributed by atoms with Crippen LogP contribution in [0.5, 0.6) is 5.75 Å². The minimum atomic E-state index is -0.510. The van der Waals surface area contributed by atoms with Gasteiger partial charge in [-0.1, -0.05) is 18.2 Å². The van der Waals surface area contributed by atoms with Crippen LogP contribution in [0.3, 0.4) is 0 Å². The SMILES string of the molecule is Cc1cccc(OCCNc2c(N)cccc2C(N)=O)c1. The quantitative estimate of drug-likeness (QED) is 0.560. The first-order chi connectivity index (χ1) is 10.1. The van der Waals surface area contributed by atoms with Crippen LogP contribution in [0.15, 0.2) is 42.5 Å². The van der Waals surface area contributed by atoms with Gasteiger partial charge in [0.2, 0.25) is 0 Å². The smallest absolute Gasteiger partial charge is 0.250 e. The van der Waals surface area contributed by atoms with Crippen LogP contribution in [0.1, 0.15) is 15.9 Å². The predicted octanol–water partition coefficient (Wildman–Crippen LogP) is 2.17.